The lowest BCUT2D eigenvalue weighted by molar-refractivity contribution is 0.100. The number of carbonyl (C=O) groups excluding carboxylic acids is 1. The molecule has 0 fully saturated rings. The molecule has 5 heteroatoms. The van der Waals surface area contributed by atoms with Crippen LogP contribution in [0.3, 0.4) is 0 Å². The smallest absolute Gasteiger partial charge is 0.248 e. The first-order valence-corrected chi connectivity index (χ1v) is 6.18. The van der Waals surface area contributed by atoms with Crippen LogP contribution in [-0.2, 0) is 0 Å². The molecule has 1 atom stereocenters. The number of nitrogen functional groups attached to an aromatic ring is 1. The van der Waals surface area contributed by atoms with Crippen molar-refractivity contribution < 1.29 is 9.18 Å². The Kier molecular flexibility index (Phi) is 3.89. The average molecular weight is 273 g/mol. The SMILES string of the molecule is CC(Nc1cc(C(N)=O)ccc1N)c1cccc(F)c1. The molecule has 0 aromatic heterocycles. The standard InChI is InChI=1S/C15H16FN3O/c1-9(10-3-2-4-12(16)7-10)19-14-8-11(15(18)20)5-6-13(14)17/h2-9,19H,17H2,1H3,(H2,18,20). The molecular weight excluding hydrogens is 257 g/mol. The number of hydrogen-bond acceptors (Lipinski definition) is 3. The summed E-state index contributed by atoms with van der Waals surface area (Å²) in [5.74, 6) is -0.818. The van der Waals surface area contributed by atoms with E-state index < -0.39 is 5.91 Å². The van der Waals surface area contributed by atoms with Crippen molar-refractivity contribution in [3.8, 4) is 0 Å². The van der Waals surface area contributed by atoms with Gasteiger partial charge in [-0.3, -0.25) is 4.79 Å². The number of hydrogen-bond donors (Lipinski definition) is 3. The highest BCUT2D eigenvalue weighted by molar-refractivity contribution is 5.94. The molecule has 5 N–H and O–H groups in total. The van der Waals surface area contributed by atoms with E-state index in [9.17, 15) is 9.18 Å². The lowest BCUT2D eigenvalue weighted by atomic mass is 10.1. The van der Waals surface area contributed by atoms with Crippen LogP contribution in [0.15, 0.2) is 42.5 Å². The summed E-state index contributed by atoms with van der Waals surface area (Å²) in [6.45, 7) is 1.88. The zero-order valence-corrected chi connectivity index (χ0v) is 11.1. The highest BCUT2D eigenvalue weighted by Gasteiger charge is 2.10. The first-order chi connectivity index (χ1) is 9.47. The minimum absolute atomic E-state index is 0.156. The Morgan fingerprint density at radius 1 is 1.25 bits per heavy atom. The summed E-state index contributed by atoms with van der Waals surface area (Å²) in [6.07, 6.45) is 0. The Morgan fingerprint density at radius 3 is 2.65 bits per heavy atom. The molecule has 20 heavy (non-hydrogen) atoms. The van der Waals surface area contributed by atoms with Crippen molar-refractivity contribution in [3.05, 3.63) is 59.4 Å². The summed E-state index contributed by atoms with van der Waals surface area (Å²) >= 11 is 0. The number of rotatable bonds is 4. The van der Waals surface area contributed by atoms with E-state index in [-0.39, 0.29) is 11.9 Å². The van der Waals surface area contributed by atoms with Gasteiger partial charge >= 0.3 is 0 Å². The molecule has 2 rings (SSSR count). The number of carbonyl (C=O) groups is 1. The third-order valence-electron chi connectivity index (χ3n) is 3.06. The fourth-order valence-corrected chi connectivity index (χ4v) is 1.93. The maximum absolute atomic E-state index is 13.2. The lowest BCUT2D eigenvalue weighted by Gasteiger charge is -2.17. The van der Waals surface area contributed by atoms with Gasteiger partial charge in [0.1, 0.15) is 5.82 Å². The van der Waals surface area contributed by atoms with Crippen LogP contribution in [0.5, 0.6) is 0 Å². The zero-order chi connectivity index (χ0) is 14.7. The van der Waals surface area contributed by atoms with E-state index >= 15 is 0 Å². The molecular formula is C15H16FN3O. The van der Waals surface area contributed by atoms with Gasteiger partial charge in [-0.15, -0.1) is 0 Å². The molecule has 4 nitrogen and oxygen atoms in total. The maximum atomic E-state index is 13.2. The molecule has 0 heterocycles. The molecule has 0 spiro atoms. The Labute approximate surface area is 116 Å². The molecule has 0 aliphatic rings. The molecule has 0 aliphatic carbocycles. The monoisotopic (exact) mass is 273 g/mol. The minimum atomic E-state index is -0.522. The number of amides is 1. The second-order valence-electron chi connectivity index (χ2n) is 4.59. The molecule has 2 aromatic rings. The Hall–Kier alpha value is -2.56. The minimum Gasteiger partial charge on any atom is -0.397 e. The largest absolute Gasteiger partial charge is 0.397 e. The number of nitrogens with two attached hydrogens (primary N) is 2. The third-order valence-corrected chi connectivity index (χ3v) is 3.06. The van der Waals surface area contributed by atoms with Crippen LogP contribution in [0.25, 0.3) is 0 Å². The second-order valence-corrected chi connectivity index (χ2v) is 4.59. The molecule has 0 saturated carbocycles. The van der Waals surface area contributed by atoms with Crippen LogP contribution in [0.2, 0.25) is 0 Å². The lowest BCUT2D eigenvalue weighted by Crippen LogP contribution is -2.13. The van der Waals surface area contributed by atoms with Crippen molar-refractivity contribution in [3.63, 3.8) is 0 Å². The van der Waals surface area contributed by atoms with Crippen molar-refractivity contribution in [1.82, 2.24) is 0 Å². The van der Waals surface area contributed by atoms with Crippen LogP contribution in [0.4, 0.5) is 15.8 Å². The molecule has 1 amide bonds. The number of halogens is 1. The molecule has 2 aromatic carbocycles. The van der Waals surface area contributed by atoms with Crippen molar-refractivity contribution in [2.75, 3.05) is 11.1 Å². The number of benzene rings is 2. The third kappa shape index (κ3) is 3.06. The summed E-state index contributed by atoms with van der Waals surface area (Å²) in [5, 5.41) is 3.15. The van der Waals surface area contributed by atoms with Crippen LogP contribution in [0.1, 0.15) is 28.9 Å². The van der Waals surface area contributed by atoms with Crippen molar-refractivity contribution in [2.45, 2.75) is 13.0 Å². The predicted molar refractivity (Wildman–Crippen MR) is 77.8 cm³/mol. The van der Waals surface area contributed by atoms with E-state index in [0.717, 1.165) is 5.56 Å². The highest BCUT2D eigenvalue weighted by atomic mass is 19.1. The normalized spacial score (nSPS) is 11.9. The van der Waals surface area contributed by atoms with Gasteiger partial charge in [0, 0.05) is 11.6 Å². The van der Waals surface area contributed by atoms with Gasteiger partial charge in [-0.1, -0.05) is 12.1 Å². The Balaban J connectivity index is 2.25. The molecule has 1 unspecified atom stereocenters. The molecule has 0 saturated heterocycles. The molecule has 0 radical (unpaired) electrons. The molecule has 104 valence electrons. The van der Waals surface area contributed by atoms with Gasteiger partial charge in [0.2, 0.25) is 5.91 Å². The van der Waals surface area contributed by atoms with Gasteiger partial charge < -0.3 is 16.8 Å². The second kappa shape index (κ2) is 5.61. The van der Waals surface area contributed by atoms with E-state index in [1.165, 1.54) is 12.1 Å². The first kappa shape index (κ1) is 13.9. The van der Waals surface area contributed by atoms with Gasteiger partial charge in [-0.25, -0.2) is 4.39 Å². The number of anilines is 2. The van der Waals surface area contributed by atoms with Gasteiger partial charge in [-0.05, 0) is 42.8 Å². The summed E-state index contributed by atoms with van der Waals surface area (Å²) in [7, 11) is 0. The number of nitrogens with one attached hydrogen (secondary N) is 1. The maximum Gasteiger partial charge on any atom is 0.248 e. The fourth-order valence-electron chi connectivity index (χ4n) is 1.93. The summed E-state index contributed by atoms with van der Waals surface area (Å²) in [6, 6.07) is 10.9. The van der Waals surface area contributed by atoms with Gasteiger partial charge in [0.25, 0.3) is 0 Å². The zero-order valence-electron chi connectivity index (χ0n) is 11.1. The quantitative estimate of drug-likeness (QED) is 0.749. The highest BCUT2D eigenvalue weighted by Crippen LogP contribution is 2.25. The Bertz CT molecular complexity index is 643. The van der Waals surface area contributed by atoms with E-state index in [2.05, 4.69) is 5.32 Å². The van der Waals surface area contributed by atoms with Gasteiger partial charge in [0.15, 0.2) is 0 Å². The Morgan fingerprint density at radius 2 is 2.00 bits per heavy atom. The first-order valence-electron chi connectivity index (χ1n) is 6.18. The van der Waals surface area contributed by atoms with Crippen molar-refractivity contribution in [2.24, 2.45) is 5.73 Å². The topological polar surface area (TPSA) is 81.1 Å². The molecule has 0 aliphatic heterocycles. The van der Waals surface area contributed by atoms with Crippen LogP contribution >= 0.6 is 0 Å². The van der Waals surface area contributed by atoms with Gasteiger partial charge in [0.05, 0.1) is 11.4 Å². The van der Waals surface area contributed by atoms with Crippen LogP contribution in [0, 0.1) is 5.82 Å². The van der Waals surface area contributed by atoms with E-state index in [1.807, 2.05) is 13.0 Å². The fraction of sp³-hybridized carbons (Fsp3) is 0.133. The summed E-state index contributed by atoms with van der Waals surface area (Å²) in [4.78, 5) is 11.2. The van der Waals surface area contributed by atoms with Crippen molar-refractivity contribution in [1.29, 1.82) is 0 Å². The van der Waals surface area contributed by atoms with Crippen molar-refractivity contribution >= 4 is 17.3 Å². The average Bonchev–Trinajstić information content (AvgIpc) is 2.41. The molecule has 0 bridgehead atoms. The van der Waals surface area contributed by atoms with E-state index in [0.29, 0.717) is 16.9 Å². The van der Waals surface area contributed by atoms with Crippen LogP contribution in [-0.4, -0.2) is 5.91 Å². The number of primary amides is 1. The predicted octanol–water partition coefficient (Wildman–Crippen LogP) is 2.68. The van der Waals surface area contributed by atoms with E-state index in [4.69, 9.17) is 11.5 Å². The van der Waals surface area contributed by atoms with E-state index in [1.54, 1.807) is 24.3 Å². The summed E-state index contributed by atoms with van der Waals surface area (Å²) in [5.41, 5.74) is 13.3. The van der Waals surface area contributed by atoms with Gasteiger partial charge in [-0.2, -0.15) is 0 Å². The summed E-state index contributed by atoms with van der Waals surface area (Å²) < 4.78 is 13.2. The van der Waals surface area contributed by atoms with Crippen LogP contribution < -0.4 is 16.8 Å².